The molecule has 3 aromatic heterocycles. The fourth-order valence-corrected chi connectivity index (χ4v) is 2.12. The van der Waals surface area contributed by atoms with Crippen LogP contribution in [0.3, 0.4) is 0 Å². The third kappa shape index (κ3) is 1.61. The number of rotatable bonds is 1. The maximum Gasteiger partial charge on any atom is 0.178 e. The van der Waals surface area contributed by atoms with Crippen molar-refractivity contribution in [3.63, 3.8) is 0 Å². The van der Waals surface area contributed by atoms with E-state index in [4.69, 9.17) is 4.42 Å². The molecule has 0 aliphatic rings. The maximum absolute atomic E-state index is 5.47. The molecule has 0 fully saturated rings. The Labute approximate surface area is 105 Å². The molecule has 4 heteroatoms. The molecule has 3 heterocycles. The van der Waals surface area contributed by atoms with Gasteiger partial charge in [0.05, 0.1) is 6.26 Å². The highest BCUT2D eigenvalue weighted by atomic mass is 16.3. The van der Waals surface area contributed by atoms with Gasteiger partial charge in [-0.3, -0.25) is 0 Å². The highest BCUT2D eigenvalue weighted by Gasteiger charge is 2.24. The van der Waals surface area contributed by atoms with Crippen molar-refractivity contribution in [1.29, 1.82) is 0 Å². The molecule has 0 aliphatic heterocycles. The predicted octanol–water partition coefficient (Wildman–Crippen LogP) is 3.45. The summed E-state index contributed by atoms with van der Waals surface area (Å²) in [7, 11) is 0. The van der Waals surface area contributed by atoms with Crippen molar-refractivity contribution >= 4 is 11.2 Å². The largest absolute Gasteiger partial charge is 0.461 e. The first kappa shape index (κ1) is 11.0. The van der Waals surface area contributed by atoms with E-state index < -0.39 is 0 Å². The molecule has 3 aromatic rings. The van der Waals surface area contributed by atoms with Gasteiger partial charge in [-0.05, 0) is 45.0 Å². The Morgan fingerprint density at radius 2 is 2.00 bits per heavy atom. The smallest absolute Gasteiger partial charge is 0.178 e. The lowest BCUT2D eigenvalue weighted by molar-refractivity contribution is 0.406. The minimum Gasteiger partial charge on any atom is -0.461 e. The van der Waals surface area contributed by atoms with Crippen LogP contribution in [0.1, 0.15) is 20.8 Å². The molecule has 0 atom stereocenters. The van der Waals surface area contributed by atoms with E-state index in [1.54, 1.807) is 12.5 Å². The van der Waals surface area contributed by atoms with Crippen LogP contribution in [0.25, 0.3) is 22.7 Å². The molecular formula is C14H15N3O. The molecule has 0 aliphatic carbocycles. The van der Waals surface area contributed by atoms with E-state index in [1.165, 1.54) is 0 Å². The van der Waals surface area contributed by atoms with Crippen LogP contribution in [0.5, 0.6) is 0 Å². The molecule has 0 saturated heterocycles. The molecular weight excluding hydrogens is 226 g/mol. The summed E-state index contributed by atoms with van der Waals surface area (Å²) in [6.07, 6.45) is 3.45. The number of aromatic nitrogens is 3. The molecule has 0 amide bonds. The quantitative estimate of drug-likeness (QED) is 0.655. The normalized spacial score (nSPS) is 12.2. The molecule has 92 valence electrons. The summed E-state index contributed by atoms with van der Waals surface area (Å²) in [6, 6.07) is 7.66. The maximum atomic E-state index is 5.47. The van der Waals surface area contributed by atoms with Gasteiger partial charge in [-0.25, -0.2) is 9.97 Å². The zero-order valence-corrected chi connectivity index (χ0v) is 10.7. The van der Waals surface area contributed by atoms with Crippen LogP contribution in [-0.2, 0) is 5.54 Å². The van der Waals surface area contributed by atoms with Gasteiger partial charge in [0, 0.05) is 11.7 Å². The Morgan fingerprint density at radius 3 is 2.67 bits per heavy atom. The minimum absolute atomic E-state index is 0.106. The summed E-state index contributed by atoms with van der Waals surface area (Å²) in [4.78, 5) is 9.07. The van der Waals surface area contributed by atoms with E-state index in [1.807, 2.05) is 24.3 Å². The fraction of sp³-hybridized carbons (Fsp3) is 0.286. The molecule has 0 spiro atoms. The van der Waals surface area contributed by atoms with Crippen LogP contribution in [0.4, 0.5) is 0 Å². The number of hydrogen-bond acceptors (Lipinski definition) is 3. The standard InChI is InChI=1S/C14H15N3O/c1-14(2,3)17-12-10(6-4-8-15-12)16-13(17)11-7-5-9-18-11/h4-9H,1-3H3. The molecule has 0 saturated carbocycles. The summed E-state index contributed by atoms with van der Waals surface area (Å²) in [6.45, 7) is 6.40. The van der Waals surface area contributed by atoms with Crippen molar-refractivity contribution in [2.45, 2.75) is 26.3 Å². The van der Waals surface area contributed by atoms with Gasteiger partial charge in [0.15, 0.2) is 17.2 Å². The summed E-state index contributed by atoms with van der Waals surface area (Å²) >= 11 is 0. The average Bonchev–Trinajstić information content (AvgIpc) is 2.94. The lowest BCUT2D eigenvalue weighted by atomic mass is 10.1. The van der Waals surface area contributed by atoms with Crippen molar-refractivity contribution in [1.82, 2.24) is 14.5 Å². The number of hydrogen-bond donors (Lipinski definition) is 0. The zero-order valence-electron chi connectivity index (χ0n) is 10.7. The van der Waals surface area contributed by atoms with E-state index in [0.717, 1.165) is 22.7 Å². The summed E-state index contributed by atoms with van der Waals surface area (Å²) < 4.78 is 7.59. The Kier molecular flexibility index (Phi) is 2.26. The van der Waals surface area contributed by atoms with Crippen LogP contribution in [0.15, 0.2) is 41.1 Å². The predicted molar refractivity (Wildman–Crippen MR) is 70.2 cm³/mol. The minimum atomic E-state index is -0.106. The number of imidazole rings is 1. The molecule has 0 unspecified atom stereocenters. The second-order valence-corrected chi connectivity index (χ2v) is 5.27. The van der Waals surface area contributed by atoms with E-state index in [2.05, 4.69) is 35.3 Å². The summed E-state index contributed by atoms with van der Waals surface area (Å²) in [5.74, 6) is 1.59. The first-order valence-corrected chi connectivity index (χ1v) is 5.95. The first-order valence-electron chi connectivity index (χ1n) is 5.95. The molecule has 0 N–H and O–H groups in total. The van der Waals surface area contributed by atoms with Crippen molar-refractivity contribution < 1.29 is 4.42 Å². The zero-order chi connectivity index (χ0) is 12.8. The van der Waals surface area contributed by atoms with Crippen molar-refractivity contribution in [2.24, 2.45) is 0 Å². The van der Waals surface area contributed by atoms with Crippen LogP contribution in [0, 0.1) is 0 Å². The highest BCUT2D eigenvalue weighted by molar-refractivity contribution is 5.76. The molecule has 0 radical (unpaired) electrons. The van der Waals surface area contributed by atoms with E-state index in [0.29, 0.717) is 0 Å². The van der Waals surface area contributed by atoms with Gasteiger partial charge in [-0.1, -0.05) is 0 Å². The van der Waals surface area contributed by atoms with E-state index >= 15 is 0 Å². The van der Waals surface area contributed by atoms with Gasteiger partial charge in [0.25, 0.3) is 0 Å². The van der Waals surface area contributed by atoms with E-state index in [9.17, 15) is 0 Å². The van der Waals surface area contributed by atoms with Crippen molar-refractivity contribution in [3.05, 3.63) is 36.7 Å². The van der Waals surface area contributed by atoms with Gasteiger partial charge in [-0.15, -0.1) is 0 Å². The molecule has 4 nitrogen and oxygen atoms in total. The van der Waals surface area contributed by atoms with Gasteiger partial charge in [-0.2, -0.15) is 0 Å². The highest BCUT2D eigenvalue weighted by Crippen LogP contribution is 2.30. The van der Waals surface area contributed by atoms with Gasteiger partial charge in [0.1, 0.15) is 5.52 Å². The van der Waals surface area contributed by atoms with Gasteiger partial charge < -0.3 is 8.98 Å². The Balaban J connectivity index is 2.38. The van der Waals surface area contributed by atoms with Crippen molar-refractivity contribution in [2.75, 3.05) is 0 Å². The van der Waals surface area contributed by atoms with Crippen LogP contribution in [-0.4, -0.2) is 14.5 Å². The van der Waals surface area contributed by atoms with Crippen LogP contribution < -0.4 is 0 Å². The Morgan fingerprint density at radius 1 is 1.17 bits per heavy atom. The number of fused-ring (bicyclic) bond motifs is 1. The summed E-state index contributed by atoms with van der Waals surface area (Å²) in [5, 5.41) is 0. The van der Waals surface area contributed by atoms with Crippen LogP contribution in [0.2, 0.25) is 0 Å². The number of nitrogens with zero attached hydrogens (tertiary/aromatic N) is 3. The molecule has 0 bridgehead atoms. The number of pyridine rings is 1. The first-order chi connectivity index (χ1) is 8.57. The fourth-order valence-electron chi connectivity index (χ4n) is 2.12. The van der Waals surface area contributed by atoms with Crippen LogP contribution >= 0.6 is 0 Å². The second kappa shape index (κ2) is 3.70. The SMILES string of the molecule is CC(C)(C)n1c(-c2ccco2)nc2cccnc21. The lowest BCUT2D eigenvalue weighted by Gasteiger charge is -2.23. The summed E-state index contributed by atoms with van der Waals surface area (Å²) in [5.41, 5.74) is 1.67. The third-order valence-corrected chi connectivity index (χ3v) is 2.83. The van der Waals surface area contributed by atoms with E-state index in [-0.39, 0.29) is 5.54 Å². The molecule has 0 aromatic carbocycles. The Bertz CT molecular complexity index is 675. The Hall–Kier alpha value is -2.10. The van der Waals surface area contributed by atoms with Crippen molar-refractivity contribution in [3.8, 4) is 11.6 Å². The molecule has 18 heavy (non-hydrogen) atoms. The number of furan rings is 1. The average molecular weight is 241 g/mol. The van der Waals surface area contributed by atoms with Gasteiger partial charge in [0.2, 0.25) is 0 Å². The topological polar surface area (TPSA) is 43.9 Å². The monoisotopic (exact) mass is 241 g/mol. The van der Waals surface area contributed by atoms with Gasteiger partial charge >= 0.3 is 0 Å². The lowest BCUT2D eigenvalue weighted by Crippen LogP contribution is -2.22. The second-order valence-electron chi connectivity index (χ2n) is 5.27. The molecule has 3 rings (SSSR count). The third-order valence-electron chi connectivity index (χ3n) is 2.83.